The largest absolute Gasteiger partial charge is 0.497 e. The fourth-order valence-corrected chi connectivity index (χ4v) is 2.91. The van der Waals surface area contributed by atoms with Crippen molar-refractivity contribution in [2.45, 2.75) is 6.42 Å². The lowest BCUT2D eigenvalue weighted by molar-refractivity contribution is 0.354. The molecule has 1 N–H and O–H groups in total. The second-order valence-corrected chi connectivity index (χ2v) is 5.45. The number of rotatable bonds is 5. The number of fused-ring (bicyclic) bond motifs is 1. The summed E-state index contributed by atoms with van der Waals surface area (Å²) in [6, 6.07) is 9.79. The first kappa shape index (κ1) is 19.6. The summed E-state index contributed by atoms with van der Waals surface area (Å²) in [5.41, 5.74) is 4.11. The zero-order chi connectivity index (χ0) is 19.1. The van der Waals surface area contributed by atoms with Crippen LogP contribution in [-0.2, 0) is 6.42 Å². The Morgan fingerprint density at radius 3 is 1.88 bits per heavy atom. The number of aliphatic hydroxyl groups excluding tert-OH is 1. The average Bonchev–Trinajstić information content (AvgIpc) is 2.73. The molecule has 0 fully saturated rings. The first-order chi connectivity index (χ1) is 12.7. The molecule has 0 aliphatic carbocycles. The van der Waals surface area contributed by atoms with Crippen molar-refractivity contribution < 1.29 is 24.1 Å². The summed E-state index contributed by atoms with van der Waals surface area (Å²) in [4.78, 5) is 4.73. The minimum atomic E-state index is 0.695. The summed E-state index contributed by atoms with van der Waals surface area (Å²) in [6.45, 7) is 0.733. The number of nitrogens with zero attached hydrogens (tertiary/aromatic N) is 1. The summed E-state index contributed by atoms with van der Waals surface area (Å²) in [7, 11) is 7.57. The average molecular weight is 359 g/mol. The Morgan fingerprint density at radius 2 is 1.35 bits per heavy atom. The predicted molar refractivity (Wildman–Crippen MR) is 101 cm³/mol. The van der Waals surface area contributed by atoms with Crippen molar-refractivity contribution >= 4 is 5.71 Å². The van der Waals surface area contributed by atoms with Crippen molar-refractivity contribution in [3.8, 4) is 23.0 Å². The van der Waals surface area contributed by atoms with Gasteiger partial charge in [-0.3, -0.25) is 4.99 Å². The van der Waals surface area contributed by atoms with Crippen LogP contribution in [0.1, 0.15) is 16.7 Å². The zero-order valence-electron chi connectivity index (χ0n) is 15.8. The van der Waals surface area contributed by atoms with E-state index < -0.39 is 0 Å². The molecule has 6 heteroatoms. The summed E-state index contributed by atoms with van der Waals surface area (Å²) in [6.07, 6.45) is 0.875. The van der Waals surface area contributed by atoms with Gasteiger partial charge in [-0.15, -0.1) is 0 Å². The number of aliphatic hydroxyl groups is 1. The first-order valence-corrected chi connectivity index (χ1v) is 8.18. The van der Waals surface area contributed by atoms with Gasteiger partial charge in [-0.05, 0) is 36.2 Å². The third-order valence-electron chi connectivity index (χ3n) is 4.14. The minimum absolute atomic E-state index is 0.695. The molecule has 2 aromatic carbocycles. The smallest absolute Gasteiger partial charge is 0.161 e. The normalized spacial score (nSPS) is 12.2. The molecule has 0 aromatic heterocycles. The fraction of sp³-hybridized carbons (Fsp3) is 0.350. The van der Waals surface area contributed by atoms with Gasteiger partial charge in [0.1, 0.15) is 11.5 Å². The van der Waals surface area contributed by atoms with Crippen molar-refractivity contribution in [1.82, 2.24) is 0 Å². The molecule has 0 spiro atoms. The van der Waals surface area contributed by atoms with E-state index in [1.807, 2.05) is 30.3 Å². The molecule has 0 saturated carbocycles. The number of ether oxygens (including phenoxy) is 4. The maximum absolute atomic E-state index is 7.00. The van der Waals surface area contributed by atoms with Gasteiger partial charge >= 0.3 is 0 Å². The molecule has 26 heavy (non-hydrogen) atoms. The van der Waals surface area contributed by atoms with Crippen molar-refractivity contribution in [2.24, 2.45) is 4.99 Å². The van der Waals surface area contributed by atoms with Gasteiger partial charge in [-0.1, -0.05) is 0 Å². The molecule has 1 aliphatic rings. The second-order valence-electron chi connectivity index (χ2n) is 5.45. The van der Waals surface area contributed by atoms with Crippen molar-refractivity contribution in [2.75, 3.05) is 42.1 Å². The van der Waals surface area contributed by atoms with Gasteiger partial charge in [0.15, 0.2) is 11.5 Å². The highest BCUT2D eigenvalue weighted by molar-refractivity contribution is 6.15. The van der Waals surface area contributed by atoms with Gasteiger partial charge in [0.2, 0.25) is 0 Å². The lowest BCUT2D eigenvalue weighted by Crippen LogP contribution is -2.15. The number of hydrogen-bond donors (Lipinski definition) is 1. The Labute approximate surface area is 154 Å². The standard InChI is InChI=1S/C19H21NO4.CH4O/c1-21-14-7-13(8-15(10-14)22-2)19-16-11-18(24-4)17(23-3)9-12(16)5-6-20-19;1-2/h7-11H,5-6H2,1-4H3;2H,1H3. The molecule has 0 unspecified atom stereocenters. The van der Waals surface area contributed by atoms with Gasteiger partial charge in [0.25, 0.3) is 0 Å². The van der Waals surface area contributed by atoms with Crippen LogP contribution in [-0.4, -0.2) is 52.9 Å². The molecule has 2 aromatic rings. The molecule has 140 valence electrons. The van der Waals surface area contributed by atoms with E-state index in [0.717, 1.165) is 54.2 Å². The van der Waals surface area contributed by atoms with Crippen molar-refractivity contribution in [3.05, 3.63) is 47.0 Å². The van der Waals surface area contributed by atoms with E-state index in [1.54, 1.807) is 28.4 Å². The number of benzene rings is 2. The van der Waals surface area contributed by atoms with Crippen molar-refractivity contribution in [3.63, 3.8) is 0 Å². The van der Waals surface area contributed by atoms with Crippen LogP contribution in [0.15, 0.2) is 35.3 Å². The van der Waals surface area contributed by atoms with Crippen LogP contribution in [0, 0.1) is 0 Å². The van der Waals surface area contributed by atoms with E-state index in [9.17, 15) is 0 Å². The number of aliphatic imine (C=N–C) groups is 1. The molecule has 0 bridgehead atoms. The monoisotopic (exact) mass is 359 g/mol. The maximum atomic E-state index is 7.00. The van der Waals surface area contributed by atoms with Crippen LogP contribution in [0.2, 0.25) is 0 Å². The summed E-state index contributed by atoms with van der Waals surface area (Å²) in [5, 5.41) is 7.00. The van der Waals surface area contributed by atoms with Gasteiger partial charge in [-0.2, -0.15) is 0 Å². The van der Waals surface area contributed by atoms with E-state index >= 15 is 0 Å². The first-order valence-electron chi connectivity index (χ1n) is 8.18. The number of hydrogen-bond acceptors (Lipinski definition) is 6. The maximum Gasteiger partial charge on any atom is 0.161 e. The topological polar surface area (TPSA) is 69.5 Å². The van der Waals surface area contributed by atoms with Gasteiger partial charge in [0.05, 0.1) is 34.2 Å². The van der Waals surface area contributed by atoms with Crippen LogP contribution in [0.3, 0.4) is 0 Å². The molecule has 0 atom stereocenters. The van der Waals surface area contributed by atoms with Crippen molar-refractivity contribution in [1.29, 1.82) is 0 Å². The van der Waals surface area contributed by atoms with E-state index in [1.165, 1.54) is 5.56 Å². The van der Waals surface area contributed by atoms with Crippen LogP contribution in [0.5, 0.6) is 23.0 Å². The van der Waals surface area contributed by atoms with E-state index in [2.05, 4.69) is 0 Å². The third-order valence-corrected chi connectivity index (χ3v) is 4.14. The molecule has 1 heterocycles. The van der Waals surface area contributed by atoms with Crippen LogP contribution >= 0.6 is 0 Å². The lowest BCUT2D eigenvalue weighted by atomic mass is 9.92. The molecule has 0 amide bonds. The third kappa shape index (κ3) is 3.91. The molecule has 0 radical (unpaired) electrons. The molecule has 1 aliphatic heterocycles. The quantitative estimate of drug-likeness (QED) is 0.889. The lowest BCUT2D eigenvalue weighted by Gasteiger charge is -2.20. The molecule has 0 saturated heterocycles. The number of methoxy groups -OCH3 is 4. The van der Waals surface area contributed by atoms with E-state index in [4.69, 9.17) is 29.0 Å². The summed E-state index contributed by atoms with van der Waals surface area (Å²) < 4.78 is 21.6. The Bertz CT molecular complexity index is 764. The van der Waals surface area contributed by atoms with E-state index in [-0.39, 0.29) is 0 Å². The van der Waals surface area contributed by atoms with Crippen LogP contribution in [0.4, 0.5) is 0 Å². The minimum Gasteiger partial charge on any atom is -0.497 e. The zero-order valence-corrected chi connectivity index (χ0v) is 15.8. The molecular weight excluding hydrogens is 334 g/mol. The predicted octanol–water partition coefficient (Wildman–Crippen LogP) is 2.72. The summed E-state index contributed by atoms with van der Waals surface area (Å²) >= 11 is 0. The van der Waals surface area contributed by atoms with Gasteiger partial charge < -0.3 is 24.1 Å². The highest BCUT2D eigenvalue weighted by atomic mass is 16.5. The molecular formula is C20H25NO5. The van der Waals surface area contributed by atoms with E-state index in [0.29, 0.717) is 5.75 Å². The fourth-order valence-electron chi connectivity index (χ4n) is 2.91. The van der Waals surface area contributed by atoms with Crippen LogP contribution in [0.25, 0.3) is 0 Å². The van der Waals surface area contributed by atoms with Crippen LogP contribution < -0.4 is 18.9 Å². The Morgan fingerprint density at radius 1 is 0.769 bits per heavy atom. The highest BCUT2D eigenvalue weighted by Gasteiger charge is 2.20. The second kappa shape index (κ2) is 9.10. The van der Waals surface area contributed by atoms with Gasteiger partial charge in [-0.25, -0.2) is 0 Å². The SMILES string of the molecule is CO.COc1cc(OC)cc(C2=NCCc3cc(OC)c(OC)cc32)c1. The molecule has 6 nitrogen and oxygen atoms in total. The Hall–Kier alpha value is -2.73. The van der Waals surface area contributed by atoms with Gasteiger partial charge in [0, 0.05) is 30.8 Å². The Kier molecular flexibility index (Phi) is 6.86. The summed E-state index contributed by atoms with van der Waals surface area (Å²) in [5.74, 6) is 2.90. The highest BCUT2D eigenvalue weighted by Crippen LogP contribution is 2.34. The Balaban J connectivity index is 0.00000117. The molecule has 3 rings (SSSR count).